The lowest BCUT2D eigenvalue weighted by atomic mass is 10.0. The van der Waals surface area contributed by atoms with Crippen molar-refractivity contribution in [2.75, 3.05) is 4.90 Å². The lowest BCUT2D eigenvalue weighted by molar-refractivity contribution is 0.439. The molecule has 5 rings (SSSR count). The van der Waals surface area contributed by atoms with E-state index < -0.39 is 0 Å². The Labute approximate surface area is 206 Å². The van der Waals surface area contributed by atoms with Crippen molar-refractivity contribution in [3.8, 4) is 11.3 Å². The van der Waals surface area contributed by atoms with Gasteiger partial charge in [0.2, 0.25) is 0 Å². The molecule has 0 unspecified atom stereocenters. The predicted molar refractivity (Wildman–Crippen MR) is 133 cm³/mol. The Morgan fingerprint density at radius 1 is 1.03 bits per heavy atom. The molecule has 1 saturated heterocycles. The molecule has 8 heteroatoms. The molecule has 166 valence electrons. The van der Waals surface area contributed by atoms with Crippen LogP contribution in [0.4, 0.5) is 10.1 Å². The van der Waals surface area contributed by atoms with Gasteiger partial charge in [0.15, 0.2) is 5.11 Å². The number of aryl methyl sites for hydroxylation is 1. The Kier molecular flexibility index (Phi) is 5.83. The number of hydrogen-bond acceptors (Lipinski definition) is 3. The number of benzene rings is 2. The molecule has 2 aromatic carbocycles. The van der Waals surface area contributed by atoms with Crippen molar-refractivity contribution >= 4 is 46.2 Å². The third-order valence-corrected chi connectivity index (χ3v) is 6.69. The van der Waals surface area contributed by atoms with E-state index in [-0.39, 0.29) is 17.9 Å². The van der Waals surface area contributed by atoms with Crippen LogP contribution < -0.4 is 10.2 Å². The lowest BCUT2D eigenvalue weighted by Gasteiger charge is -2.26. The summed E-state index contributed by atoms with van der Waals surface area (Å²) in [4.78, 5) is 6.48. The molecule has 2 aromatic heterocycles. The summed E-state index contributed by atoms with van der Waals surface area (Å²) in [6.45, 7) is 1.73. The number of hydrogen-bond donors (Lipinski definition) is 1. The zero-order chi connectivity index (χ0) is 23.1. The van der Waals surface area contributed by atoms with Gasteiger partial charge in [0, 0.05) is 17.4 Å². The van der Waals surface area contributed by atoms with E-state index in [1.807, 2.05) is 41.3 Å². The largest absolute Gasteiger partial charge is 0.459 e. The molecule has 1 fully saturated rings. The molecule has 0 spiro atoms. The molecule has 0 saturated carbocycles. The average Bonchev–Trinajstić information content (AvgIpc) is 3.43. The molecule has 4 aromatic rings. The van der Waals surface area contributed by atoms with E-state index in [0.29, 0.717) is 32.2 Å². The average molecular weight is 498 g/mol. The first-order valence-electron chi connectivity index (χ1n) is 10.2. The van der Waals surface area contributed by atoms with Crippen LogP contribution in [0, 0.1) is 12.7 Å². The van der Waals surface area contributed by atoms with Crippen LogP contribution in [-0.4, -0.2) is 10.1 Å². The highest BCUT2D eigenvalue weighted by Gasteiger charge is 2.42. The Hall–Kier alpha value is -2.93. The molecule has 33 heavy (non-hydrogen) atoms. The van der Waals surface area contributed by atoms with Gasteiger partial charge in [-0.1, -0.05) is 29.3 Å². The van der Waals surface area contributed by atoms with Crippen molar-refractivity contribution in [3.63, 3.8) is 0 Å². The second kappa shape index (κ2) is 8.78. The molecular weight excluding hydrogens is 480 g/mol. The first kappa shape index (κ1) is 21.9. The van der Waals surface area contributed by atoms with E-state index in [0.717, 1.165) is 16.9 Å². The van der Waals surface area contributed by atoms with Crippen LogP contribution in [0.3, 0.4) is 0 Å². The van der Waals surface area contributed by atoms with Crippen LogP contribution >= 0.6 is 35.4 Å². The summed E-state index contributed by atoms with van der Waals surface area (Å²) in [5, 5.41) is 4.81. The zero-order valence-electron chi connectivity index (χ0n) is 17.4. The third-order valence-electron chi connectivity index (χ3n) is 5.64. The molecular formula is C25H18Cl2FN3OS. The van der Waals surface area contributed by atoms with Gasteiger partial charge in [0.1, 0.15) is 23.4 Å². The Morgan fingerprint density at radius 3 is 2.61 bits per heavy atom. The number of anilines is 1. The summed E-state index contributed by atoms with van der Waals surface area (Å²) < 4.78 is 20.3. The molecule has 0 aliphatic carbocycles. The topological polar surface area (TPSA) is 41.3 Å². The standard InChI is InChI=1S/C25H18Cl2FN3OS/c1-14-12-16(6-8-19(14)28)31-24(23(30-25(31)33)20-4-2-3-11-29-20)22-10-9-21(32-22)15-5-7-17(26)18(27)13-15/h2-13,23-24H,1H3,(H,30,33)/t23-,24+/m1/s1. The van der Waals surface area contributed by atoms with E-state index in [1.54, 1.807) is 37.4 Å². The fourth-order valence-corrected chi connectivity index (χ4v) is 4.66. The molecule has 0 bridgehead atoms. The molecule has 1 aliphatic heterocycles. The predicted octanol–water partition coefficient (Wildman–Crippen LogP) is 7.27. The monoisotopic (exact) mass is 497 g/mol. The minimum atomic E-state index is -0.339. The summed E-state index contributed by atoms with van der Waals surface area (Å²) in [6, 6.07) is 19.2. The molecule has 2 atom stereocenters. The first-order valence-corrected chi connectivity index (χ1v) is 11.4. The van der Waals surface area contributed by atoms with Crippen LogP contribution in [0.25, 0.3) is 11.3 Å². The van der Waals surface area contributed by atoms with Crippen molar-refractivity contribution in [1.29, 1.82) is 0 Å². The number of nitrogens with one attached hydrogen (secondary N) is 1. The fourth-order valence-electron chi connectivity index (χ4n) is 4.02. The summed E-state index contributed by atoms with van der Waals surface area (Å²) in [5.41, 5.74) is 2.93. The summed E-state index contributed by atoms with van der Waals surface area (Å²) in [7, 11) is 0. The van der Waals surface area contributed by atoms with Crippen molar-refractivity contribution in [3.05, 3.63) is 106 Å². The van der Waals surface area contributed by atoms with Gasteiger partial charge in [-0.15, -0.1) is 0 Å². The Morgan fingerprint density at radius 2 is 1.88 bits per heavy atom. The summed E-state index contributed by atoms with van der Waals surface area (Å²) >= 11 is 18.0. The summed E-state index contributed by atoms with van der Waals surface area (Å²) in [6.07, 6.45) is 1.74. The molecule has 1 N–H and O–H groups in total. The fraction of sp³-hybridized carbons (Fsp3) is 0.120. The molecule has 4 nitrogen and oxygen atoms in total. The second-order valence-corrected chi connectivity index (χ2v) is 8.96. The molecule has 3 heterocycles. The van der Waals surface area contributed by atoms with E-state index in [1.165, 1.54) is 6.07 Å². The van der Waals surface area contributed by atoms with Crippen LogP contribution in [0.1, 0.15) is 29.1 Å². The van der Waals surface area contributed by atoms with Gasteiger partial charge in [0.05, 0.1) is 21.8 Å². The van der Waals surface area contributed by atoms with Crippen LogP contribution in [0.15, 0.2) is 77.3 Å². The highest BCUT2D eigenvalue weighted by molar-refractivity contribution is 7.80. The van der Waals surface area contributed by atoms with Gasteiger partial charge in [-0.2, -0.15) is 0 Å². The number of rotatable bonds is 4. The van der Waals surface area contributed by atoms with Crippen molar-refractivity contribution < 1.29 is 8.81 Å². The minimum Gasteiger partial charge on any atom is -0.459 e. The van der Waals surface area contributed by atoms with E-state index in [2.05, 4.69) is 10.3 Å². The summed E-state index contributed by atoms with van der Waals surface area (Å²) in [5.74, 6) is 1.06. The molecule has 0 amide bonds. The zero-order valence-corrected chi connectivity index (χ0v) is 19.8. The number of nitrogens with zero attached hydrogens (tertiary/aromatic N) is 2. The quantitative estimate of drug-likeness (QED) is 0.300. The van der Waals surface area contributed by atoms with Gasteiger partial charge < -0.3 is 14.6 Å². The van der Waals surface area contributed by atoms with Gasteiger partial charge >= 0.3 is 0 Å². The minimum absolute atomic E-state index is 0.267. The maximum Gasteiger partial charge on any atom is 0.174 e. The van der Waals surface area contributed by atoms with Gasteiger partial charge in [0.25, 0.3) is 0 Å². The maximum absolute atomic E-state index is 14.0. The smallest absolute Gasteiger partial charge is 0.174 e. The first-order chi connectivity index (χ1) is 15.9. The van der Waals surface area contributed by atoms with Crippen LogP contribution in [0.5, 0.6) is 0 Å². The Balaban J connectivity index is 1.61. The maximum atomic E-state index is 14.0. The van der Waals surface area contributed by atoms with Crippen molar-refractivity contribution in [2.24, 2.45) is 0 Å². The van der Waals surface area contributed by atoms with E-state index >= 15 is 0 Å². The van der Waals surface area contributed by atoms with Crippen LogP contribution in [-0.2, 0) is 0 Å². The SMILES string of the molecule is Cc1cc(N2C(=S)N[C@H](c3ccccn3)[C@@H]2c2ccc(-c3ccc(Cl)c(Cl)c3)o2)ccc1F. The highest BCUT2D eigenvalue weighted by atomic mass is 35.5. The van der Waals surface area contributed by atoms with Gasteiger partial charge in [-0.3, -0.25) is 4.98 Å². The number of furan rings is 1. The van der Waals surface area contributed by atoms with E-state index in [4.69, 9.17) is 39.8 Å². The van der Waals surface area contributed by atoms with Gasteiger partial charge in [-0.25, -0.2) is 4.39 Å². The van der Waals surface area contributed by atoms with Crippen LogP contribution in [0.2, 0.25) is 10.0 Å². The third kappa shape index (κ3) is 4.10. The number of halogens is 3. The van der Waals surface area contributed by atoms with Gasteiger partial charge in [-0.05, 0) is 85.4 Å². The number of thiocarbonyl (C=S) groups is 1. The normalized spacial score (nSPS) is 17.9. The highest BCUT2D eigenvalue weighted by Crippen LogP contribution is 2.43. The molecule has 1 aliphatic rings. The van der Waals surface area contributed by atoms with Crippen molar-refractivity contribution in [1.82, 2.24) is 10.3 Å². The van der Waals surface area contributed by atoms with Crippen molar-refractivity contribution in [2.45, 2.75) is 19.0 Å². The number of aromatic nitrogens is 1. The van der Waals surface area contributed by atoms with E-state index in [9.17, 15) is 4.39 Å². The number of pyridine rings is 1. The second-order valence-electron chi connectivity index (χ2n) is 7.76. The lowest BCUT2D eigenvalue weighted by Crippen LogP contribution is -2.29. The molecule has 0 radical (unpaired) electrons. The Bertz CT molecular complexity index is 1340.